The molecule has 1 N–H and O–H groups in total. The lowest BCUT2D eigenvalue weighted by molar-refractivity contribution is 0.145. The molecule has 1 heterocycles. The normalized spacial score (nSPS) is 17.5. The lowest BCUT2D eigenvalue weighted by Gasteiger charge is -2.30. The van der Waals surface area contributed by atoms with Gasteiger partial charge in [0.05, 0.1) is 0 Å². The summed E-state index contributed by atoms with van der Waals surface area (Å²) in [4.78, 5) is 2.39. The third-order valence-corrected chi connectivity index (χ3v) is 4.41. The van der Waals surface area contributed by atoms with Crippen molar-refractivity contribution in [3.63, 3.8) is 0 Å². The van der Waals surface area contributed by atoms with Gasteiger partial charge < -0.3 is 10.0 Å². The van der Waals surface area contributed by atoms with Gasteiger partial charge in [0.15, 0.2) is 5.60 Å². The van der Waals surface area contributed by atoms with Gasteiger partial charge in [0.1, 0.15) is 0 Å². The second-order valence-electron chi connectivity index (χ2n) is 5.82. The van der Waals surface area contributed by atoms with Crippen molar-refractivity contribution in [2.24, 2.45) is 0 Å². The molecule has 3 rings (SSSR count). The maximum Gasteiger partial charge on any atom is 0.176 e. The largest absolute Gasteiger partial charge is 0.372 e. The van der Waals surface area contributed by atoms with E-state index in [2.05, 4.69) is 23.0 Å². The fraction of sp³-hybridized carbons (Fsp3) is 0.300. The molecule has 2 heteroatoms. The molecule has 1 saturated heterocycles. The lowest BCUT2D eigenvalue weighted by Crippen LogP contribution is -2.29. The Morgan fingerprint density at radius 3 is 2.05 bits per heavy atom. The molecule has 22 heavy (non-hydrogen) atoms. The molecule has 0 aromatic heterocycles. The highest BCUT2D eigenvalue weighted by molar-refractivity contribution is 5.52. The van der Waals surface area contributed by atoms with Crippen LogP contribution >= 0.6 is 0 Å². The van der Waals surface area contributed by atoms with Gasteiger partial charge in [-0.25, -0.2) is 0 Å². The smallest absolute Gasteiger partial charge is 0.176 e. The maximum absolute atomic E-state index is 10.9. The molecule has 1 aliphatic rings. The van der Waals surface area contributed by atoms with Crippen molar-refractivity contribution >= 4 is 5.69 Å². The van der Waals surface area contributed by atoms with Gasteiger partial charge >= 0.3 is 0 Å². The summed E-state index contributed by atoms with van der Waals surface area (Å²) in [5.74, 6) is 2.55. The molecule has 1 aliphatic heterocycles. The van der Waals surface area contributed by atoms with E-state index in [9.17, 15) is 5.11 Å². The Bertz CT molecular complexity index is 650. The monoisotopic (exact) mass is 291 g/mol. The zero-order chi connectivity index (χ0) is 15.4. The number of aliphatic hydroxyl groups is 1. The zero-order valence-corrected chi connectivity index (χ0v) is 12.7. The predicted molar refractivity (Wildman–Crippen MR) is 90.8 cm³/mol. The van der Waals surface area contributed by atoms with Gasteiger partial charge in [0.2, 0.25) is 0 Å². The van der Waals surface area contributed by atoms with E-state index in [-0.39, 0.29) is 0 Å². The average Bonchev–Trinajstić information content (AvgIpc) is 2.63. The molecule has 1 fully saturated rings. The summed E-state index contributed by atoms with van der Waals surface area (Å²) in [6.07, 6.45) is 9.46. The highest BCUT2D eigenvalue weighted by Crippen LogP contribution is 2.30. The van der Waals surface area contributed by atoms with Gasteiger partial charge in [-0.15, -0.1) is 6.42 Å². The van der Waals surface area contributed by atoms with Crippen molar-refractivity contribution in [3.05, 3.63) is 65.7 Å². The van der Waals surface area contributed by atoms with E-state index in [0.29, 0.717) is 0 Å². The first-order chi connectivity index (χ1) is 10.7. The number of hydrogen-bond donors (Lipinski definition) is 1. The maximum atomic E-state index is 10.9. The lowest BCUT2D eigenvalue weighted by atomic mass is 9.87. The van der Waals surface area contributed by atoms with Gasteiger partial charge in [-0.1, -0.05) is 48.4 Å². The van der Waals surface area contributed by atoms with Crippen molar-refractivity contribution in [1.82, 2.24) is 0 Å². The molecule has 2 aromatic carbocycles. The van der Waals surface area contributed by atoms with Crippen LogP contribution in [0.15, 0.2) is 54.6 Å². The second kappa shape index (κ2) is 6.25. The number of rotatable bonds is 3. The summed E-state index contributed by atoms with van der Waals surface area (Å²) < 4.78 is 0. The highest BCUT2D eigenvalue weighted by atomic mass is 16.3. The van der Waals surface area contributed by atoms with Crippen LogP contribution in [0.1, 0.15) is 30.4 Å². The van der Waals surface area contributed by atoms with Crippen LogP contribution in [-0.4, -0.2) is 18.2 Å². The van der Waals surface area contributed by atoms with Crippen LogP contribution in [0.3, 0.4) is 0 Å². The molecular formula is C20H21NO. The summed E-state index contributed by atoms with van der Waals surface area (Å²) in [6, 6.07) is 17.4. The van der Waals surface area contributed by atoms with E-state index in [1.165, 1.54) is 24.9 Å². The quantitative estimate of drug-likeness (QED) is 0.874. The topological polar surface area (TPSA) is 23.5 Å². The van der Waals surface area contributed by atoms with E-state index in [1.807, 2.05) is 42.5 Å². The molecule has 0 bridgehead atoms. The number of nitrogens with zero attached hydrogens (tertiary/aromatic N) is 1. The number of hydrogen-bond acceptors (Lipinski definition) is 2. The number of benzene rings is 2. The minimum atomic E-state index is -1.37. The summed E-state index contributed by atoms with van der Waals surface area (Å²) in [6.45, 7) is 2.22. The Labute approximate surface area is 132 Å². The van der Waals surface area contributed by atoms with Crippen LogP contribution < -0.4 is 4.90 Å². The Balaban J connectivity index is 1.89. The van der Waals surface area contributed by atoms with Gasteiger partial charge in [-0.05, 0) is 31.4 Å². The fourth-order valence-corrected chi connectivity index (χ4v) is 3.08. The molecule has 2 nitrogen and oxygen atoms in total. The van der Waals surface area contributed by atoms with Crippen molar-refractivity contribution in [1.29, 1.82) is 0 Å². The van der Waals surface area contributed by atoms with Crippen LogP contribution in [0.4, 0.5) is 5.69 Å². The Hall–Kier alpha value is -2.24. The van der Waals surface area contributed by atoms with Crippen LogP contribution in [-0.2, 0) is 5.60 Å². The Morgan fingerprint density at radius 2 is 1.45 bits per heavy atom. The minimum Gasteiger partial charge on any atom is -0.372 e. The van der Waals surface area contributed by atoms with E-state index in [1.54, 1.807) is 0 Å². The highest BCUT2D eigenvalue weighted by Gasteiger charge is 2.29. The van der Waals surface area contributed by atoms with Crippen molar-refractivity contribution in [2.75, 3.05) is 18.0 Å². The molecule has 0 spiro atoms. The summed E-state index contributed by atoms with van der Waals surface area (Å²) in [5, 5.41) is 10.9. The van der Waals surface area contributed by atoms with Crippen molar-refractivity contribution < 1.29 is 5.11 Å². The molecule has 0 radical (unpaired) electrons. The zero-order valence-electron chi connectivity index (χ0n) is 12.7. The van der Waals surface area contributed by atoms with Gasteiger partial charge in [-0.3, -0.25) is 0 Å². The molecule has 112 valence electrons. The SMILES string of the molecule is C#CC(O)(c1ccccc1)c1ccc(N2CCCCC2)cc1. The molecule has 1 atom stereocenters. The van der Waals surface area contributed by atoms with Crippen LogP contribution in [0, 0.1) is 12.3 Å². The average molecular weight is 291 g/mol. The third kappa shape index (κ3) is 2.73. The standard InChI is InChI=1S/C20H21NO/c1-2-20(22,17-9-5-3-6-10-17)18-11-13-19(14-12-18)21-15-7-4-8-16-21/h1,3,5-6,9-14,22H,4,7-8,15-16H2. The molecule has 1 unspecified atom stereocenters. The Morgan fingerprint density at radius 1 is 0.864 bits per heavy atom. The summed E-state index contributed by atoms with van der Waals surface area (Å²) in [5.41, 5.74) is 1.29. The van der Waals surface area contributed by atoms with Crippen molar-refractivity contribution in [3.8, 4) is 12.3 Å². The van der Waals surface area contributed by atoms with Gasteiger partial charge in [0.25, 0.3) is 0 Å². The second-order valence-corrected chi connectivity index (χ2v) is 5.82. The molecule has 0 aliphatic carbocycles. The first-order valence-electron chi connectivity index (χ1n) is 7.85. The number of anilines is 1. The molecular weight excluding hydrogens is 270 g/mol. The fourth-order valence-electron chi connectivity index (χ4n) is 3.08. The summed E-state index contributed by atoms with van der Waals surface area (Å²) >= 11 is 0. The summed E-state index contributed by atoms with van der Waals surface area (Å²) in [7, 11) is 0. The first kappa shape index (κ1) is 14.7. The van der Waals surface area contributed by atoms with Crippen molar-refractivity contribution in [2.45, 2.75) is 24.9 Å². The van der Waals surface area contributed by atoms with Gasteiger partial charge in [0, 0.05) is 29.9 Å². The predicted octanol–water partition coefficient (Wildman–Crippen LogP) is 3.55. The number of piperidine rings is 1. The van der Waals surface area contributed by atoms with E-state index in [0.717, 1.165) is 24.2 Å². The molecule has 2 aromatic rings. The molecule has 0 amide bonds. The van der Waals surface area contributed by atoms with E-state index < -0.39 is 5.60 Å². The van der Waals surface area contributed by atoms with E-state index >= 15 is 0 Å². The first-order valence-corrected chi connectivity index (χ1v) is 7.85. The van der Waals surface area contributed by atoms with Crippen LogP contribution in [0.25, 0.3) is 0 Å². The number of terminal acetylenes is 1. The molecule has 0 saturated carbocycles. The third-order valence-electron chi connectivity index (χ3n) is 4.41. The van der Waals surface area contributed by atoms with E-state index in [4.69, 9.17) is 6.42 Å². The minimum absolute atomic E-state index is 0.725. The van der Waals surface area contributed by atoms with Gasteiger partial charge in [-0.2, -0.15) is 0 Å². The van der Waals surface area contributed by atoms with Crippen LogP contribution in [0.2, 0.25) is 0 Å². The Kier molecular flexibility index (Phi) is 4.18. The van der Waals surface area contributed by atoms with Crippen LogP contribution in [0.5, 0.6) is 0 Å².